The minimum Gasteiger partial charge on any atom is -0.496 e. The molecule has 0 atom stereocenters. The van der Waals surface area contributed by atoms with E-state index in [1.165, 1.54) is 12.1 Å². The van der Waals surface area contributed by atoms with Gasteiger partial charge in [0.05, 0.1) is 18.0 Å². The summed E-state index contributed by atoms with van der Waals surface area (Å²) < 4.78 is 5.09. The molecule has 0 saturated heterocycles. The van der Waals surface area contributed by atoms with Crippen molar-refractivity contribution in [2.24, 2.45) is 0 Å². The molecule has 0 unspecified atom stereocenters. The minimum atomic E-state index is -0.0521. The van der Waals surface area contributed by atoms with Gasteiger partial charge in [0.15, 0.2) is 5.43 Å². The van der Waals surface area contributed by atoms with Crippen LogP contribution < -0.4 is 15.7 Å². The number of H-pyrrole nitrogens is 2. The Morgan fingerprint density at radius 3 is 2.46 bits per heavy atom. The molecule has 4 rings (SSSR count). The smallest absolute Gasteiger partial charge is 0.248 e. The van der Waals surface area contributed by atoms with E-state index in [-0.39, 0.29) is 11.0 Å². The van der Waals surface area contributed by atoms with Gasteiger partial charge in [-0.2, -0.15) is 0 Å². The Labute approximate surface area is 137 Å². The predicted molar refractivity (Wildman–Crippen MR) is 95.7 cm³/mol. The normalized spacial score (nSPS) is 10.2. The molecule has 120 valence electrons. The van der Waals surface area contributed by atoms with Gasteiger partial charge < -0.3 is 14.7 Å². The number of benzene rings is 2. The molecule has 2 aromatic carbocycles. The molecule has 2 heterocycles. The van der Waals surface area contributed by atoms with Crippen LogP contribution in [-0.2, 0) is 0 Å². The van der Waals surface area contributed by atoms with Gasteiger partial charge in [-0.25, -0.2) is 0 Å². The molecule has 2 aromatic heterocycles. The zero-order valence-electron chi connectivity index (χ0n) is 13.1. The molecule has 0 aliphatic rings. The van der Waals surface area contributed by atoms with Crippen molar-refractivity contribution in [2.45, 2.75) is 0 Å². The molecule has 24 heavy (non-hydrogen) atoms. The fraction of sp³-hybridized carbons (Fsp3) is 0.0526. The number of rotatable bonds is 1. The third-order valence-electron chi connectivity index (χ3n) is 3.60. The van der Waals surface area contributed by atoms with E-state index in [2.05, 4.69) is 9.97 Å². The summed E-state index contributed by atoms with van der Waals surface area (Å²) in [5.41, 5.74) is 1.61. The maximum atomic E-state index is 11.5. The summed E-state index contributed by atoms with van der Waals surface area (Å²) >= 11 is 0. The van der Waals surface area contributed by atoms with Crippen molar-refractivity contribution in [1.82, 2.24) is 9.97 Å². The highest BCUT2D eigenvalue weighted by Crippen LogP contribution is 2.19. The number of hydrogen-bond acceptors (Lipinski definition) is 3. The van der Waals surface area contributed by atoms with E-state index in [4.69, 9.17) is 4.74 Å². The number of ether oxygens (including phenoxy) is 1. The van der Waals surface area contributed by atoms with Gasteiger partial charge in [0.1, 0.15) is 5.75 Å². The fourth-order valence-corrected chi connectivity index (χ4v) is 2.46. The first-order valence-corrected chi connectivity index (χ1v) is 7.41. The lowest BCUT2D eigenvalue weighted by Gasteiger charge is -2.02. The van der Waals surface area contributed by atoms with Crippen LogP contribution in [0.5, 0.6) is 5.75 Å². The van der Waals surface area contributed by atoms with Gasteiger partial charge in [-0.1, -0.05) is 24.3 Å². The average Bonchev–Trinajstić information content (AvgIpc) is 2.62. The number of aromatic nitrogens is 2. The van der Waals surface area contributed by atoms with Crippen LogP contribution in [-0.4, -0.2) is 17.1 Å². The Morgan fingerprint density at radius 1 is 0.833 bits per heavy atom. The second kappa shape index (κ2) is 6.83. The molecule has 0 radical (unpaired) electrons. The zero-order chi connectivity index (χ0) is 16.9. The molecule has 0 saturated carbocycles. The van der Waals surface area contributed by atoms with Crippen molar-refractivity contribution in [2.75, 3.05) is 7.11 Å². The van der Waals surface area contributed by atoms with Gasteiger partial charge in [0, 0.05) is 23.8 Å². The van der Waals surface area contributed by atoms with Crippen molar-refractivity contribution in [3.05, 3.63) is 87.4 Å². The highest BCUT2D eigenvalue weighted by Gasteiger charge is 2.03. The fourth-order valence-electron chi connectivity index (χ4n) is 2.46. The molecular formula is C19H16N2O3. The van der Waals surface area contributed by atoms with Crippen molar-refractivity contribution in [3.63, 3.8) is 0 Å². The summed E-state index contributed by atoms with van der Waals surface area (Å²) in [6.45, 7) is 0. The van der Waals surface area contributed by atoms with Gasteiger partial charge >= 0.3 is 0 Å². The summed E-state index contributed by atoms with van der Waals surface area (Å²) in [6.07, 6.45) is 1.63. The highest BCUT2D eigenvalue weighted by atomic mass is 16.5. The topological polar surface area (TPSA) is 75.0 Å². The molecule has 0 bridgehead atoms. The van der Waals surface area contributed by atoms with Crippen LogP contribution in [0.1, 0.15) is 0 Å². The Bertz CT molecular complexity index is 1090. The van der Waals surface area contributed by atoms with E-state index in [0.717, 1.165) is 16.4 Å². The molecule has 5 heteroatoms. The Morgan fingerprint density at radius 2 is 1.62 bits per heavy atom. The van der Waals surface area contributed by atoms with Crippen LogP contribution in [0.4, 0.5) is 0 Å². The molecule has 0 fully saturated rings. The van der Waals surface area contributed by atoms with Crippen molar-refractivity contribution < 1.29 is 4.74 Å². The number of para-hydroxylation sites is 1. The second-order valence-electron chi connectivity index (χ2n) is 5.13. The van der Waals surface area contributed by atoms with Crippen molar-refractivity contribution >= 4 is 21.8 Å². The Kier molecular flexibility index (Phi) is 4.43. The summed E-state index contributed by atoms with van der Waals surface area (Å²) in [5, 5.41) is 1.67. The second-order valence-corrected chi connectivity index (χ2v) is 5.13. The van der Waals surface area contributed by atoms with Gasteiger partial charge in [-0.3, -0.25) is 9.59 Å². The lowest BCUT2D eigenvalue weighted by molar-refractivity contribution is 0.419. The number of aromatic amines is 2. The molecule has 0 aliphatic heterocycles. The van der Waals surface area contributed by atoms with Crippen molar-refractivity contribution in [1.29, 1.82) is 0 Å². The van der Waals surface area contributed by atoms with Gasteiger partial charge in [-0.15, -0.1) is 0 Å². The quantitative estimate of drug-likeness (QED) is 0.566. The first-order chi connectivity index (χ1) is 11.7. The number of nitrogens with one attached hydrogen (secondary N) is 2. The molecule has 4 aromatic rings. The summed E-state index contributed by atoms with van der Waals surface area (Å²) in [5.74, 6) is 0.611. The van der Waals surface area contributed by atoms with Crippen LogP contribution in [0.2, 0.25) is 0 Å². The number of hydrogen-bond donors (Lipinski definition) is 2. The third-order valence-corrected chi connectivity index (χ3v) is 3.60. The van der Waals surface area contributed by atoms with E-state index < -0.39 is 0 Å². The van der Waals surface area contributed by atoms with E-state index >= 15 is 0 Å². The van der Waals surface area contributed by atoms with Gasteiger partial charge in [-0.05, 0) is 29.7 Å². The van der Waals surface area contributed by atoms with Crippen LogP contribution in [0.15, 0.2) is 76.4 Å². The standard InChI is InChI=1S/C10H9NO2.C9H7NO/c1-13-9-4-2-3-7-10(9)8(12)5-6-11-7;11-9-6-5-7-3-1-2-4-8(7)10-9/h2-6H,1H3,(H,11,12);1-6H,(H,10,11). The summed E-state index contributed by atoms with van der Waals surface area (Å²) in [6, 6.07) is 18.0. The van der Waals surface area contributed by atoms with Crippen LogP contribution >= 0.6 is 0 Å². The predicted octanol–water partition coefficient (Wildman–Crippen LogP) is 3.06. The van der Waals surface area contributed by atoms with Crippen LogP contribution in [0.3, 0.4) is 0 Å². The first-order valence-electron chi connectivity index (χ1n) is 7.41. The Balaban J connectivity index is 0.000000143. The van der Waals surface area contributed by atoms with E-state index in [1.54, 1.807) is 19.4 Å². The molecule has 0 aliphatic carbocycles. The summed E-state index contributed by atoms with van der Waals surface area (Å²) in [7, 11) is 1.56. The van der Waals surface area contributed by atoms with Gasteiger partial charge in [0.25, 0.3) is 0 Å². The van der Waals surface area contributed by atoms with Crippen molar-refractivity contribution in [3.8, 4) is 5.75 Å². The summed E-state index contributed by atoms with van der Waals surface area (Å²) in [4.78, 5) is 28.0. The molecular weight excluding hydrogens is 304 g/mol. The maximum Gasteiger partial charge on any atom is 0.248 e. The number of methoxy groups -OCH3 is 1. The Hall–Kier alpha value is -3.34. The van der Waals surface area contributed by atoms with E-state index in [9.17, 15) is 9.59 Å². The highest BCUT2D eigenvalue weighted by molar-refractivity contribution is 5.84. The SMILES string of the molecule is COc1cccc2[nH]ccc(=O)c12.O=c1ccc2ccccc2[nH]1. The maximum absolute atomic E-state index is 11.5. The zero-order valence-corrected chi connectivity index (χ0v) is 13.1. The minimum absolute atomic E-state index is 0.0220. The molecule has 2 N–H and O–H groups in total. The van der Waals surface area contributed by atoms with E-state index in [1.807, 2.05) is 42.5 Å². The van der Waals surface area contributed by atoms with Gasteiger partial charge in [0.2, 0.25) is 5.56 Å². The molecule has 5 nitrogen and oxygen atoms in total. The molecule has 0 amide bonds. The van der Waals surface area contributed by atoms with E-state index in [0.29, 0.717) is 11.1 Å². The average molecular weight is 320 g/mol. The monoisotopic (exact) mass is 320 g/mol. The number of fused-ring (bicyclic) bond motifs is 2. The third kappa shape index (κ3) is 3.20. The van der Waals surface area contributed by atoms with Crippen LogP contribution in [0, 0.1) is 0 Å². The first kappa shape index (κ1) is 15.6. The largest absolute Gasteiger partial charge is 0.496 e. The van der Waals surface area contributed by atoms with Crippen LogP contribution in [0.25, 0.3) is 21.8 Å². The lowest BCUT2D eigenvalue weighted by atomic mass is 10.2. The number of pyridine rings is 2. The lowest BCUT2D eigenvalue weighted by Crippen LogP contribution is -2.01. The molecule has 0 spiro atoms.